The highest BCUT2D eigenvalue weighted by molar-refractivity contribution is 5.82. The Morgan fingerprint density at radius 3 is 2.53 bits per heavy atom. The summed E-state index contributed by atoms with van der Waals surface area (Å²) >= 11 is 0. The molecule has 1 heterocycles. The van der Waals surface area contributed by atoms with Crippen LogP contribution in [0, 0.1) is 6.92 Å². The average Bonchev–Trinajstić information content (AvgIpc) is 2.23. The van der Waals surface area contributed by atoms with Crippen molar-refractivity contribution in [1.82, 2.24) is 10.6 Å². The summed E-state index contributed by atoms with van der Waals surface area (Å²) in [6.07, 6.45) is 0. The molecule has 1 aromatic rings. The lowest BCUT2D eigenvalue weighted by Gasteiger charge is -2.29. The zero-order chi connectivity index (χ0) is 10.8. The second kappa shape index (κ2) is 4.03. The zero-order valence-corrected chi connectivity index (χ0v) is 9.08. The van der Waals surface area contributed by atoms with E-state index in [1.165, 1.54) is 11.1 Å². The first-order valence-electron chi connectivity index (χ1n) is 5.27. The van der Waals surface area contributed by atoms with Crippen LogP contribution in [0.15, 0.2) is 24.3 Å². The van der Waals surface area contributed by atoms with Gasteiger partial charge in [0.05, 0.1) is 12.1 Å². The Bertz CT molecular complexity index is 358. The van der Waals surface area contributed by atoms with Gasteiger partial charge < -0.3 is 5.32 Å². The Kier molecular flexibility index (Phi) is 2.73. The molecule has 3 nitrogen and oxygen atoms in total. The van der Waals surface area contributed by atoms with E-state index in [9.17, 15) is 4.79 Å². The van der Waals surface area contributed by atoms with Crippen LogP contribution in [0.1, 0.15) is 24.1 Å². The molecule has 1 aromatic carbocycles. The molecule has 0 saturated carbocycles. The molecule has 1 amide bonds. The van der Waals surface area contributed by atoms with Crippen molar-refractivity contribution in [3.63, 3.8) is 0 Å². The summed E-state index contributed by atoms with van der Waals surface area (Å²) in [5, 5.41) is 6.18. The molecule has 0 spiro atoms. The van der Waals surface area contributed by atoms with Crippen LogP contribution < -0.4 is 10.6 Å². The number of hydrogen-bond donors (Lipinski definition) is 2. The minimum atomic E-state index is -0.106. The number of aryl methyl sites for hydroxylation is 1. The fraction of sp³-hybridized carbons (Fsp3) is 0.417. The molecule has 2 atom stereocenters. The molecule has 0 radical (unpaired) electrons. The lowest BCUT2D eigenvalue weighted by Crippen LogP contribution is -2.52. The van der Waals surface area contributed by atoms with Gasteiger partial charge in [-0.05, 0) is 19.4 Å². The molecule has 80 valence electrons. The predicted molar refractivity (Wildman–Crippen MR) is 59.5 cm³/mol. The maximum absolute atomic E-state index is 11.3. The van der Waals surface area contributed by atoms with Crippen LogP contribution in [0.5, 0.6) is 0 Å². The maximum atomic E-state index is 11.3. The zero-order valence-electron chi connectivity index (χ0n) is 9.08. The highest BCUT2D eigenvalue weighted by Crippen LogP contribution is 2.16. The number of piperazine rings is 1. The Balaban J connectivity index is 2.12. The van der Waals surface area contributed by atoms with Gasteiger partial charge >= 0.3 is 0 Å². The molecule has 1 saturated heterocycles. The van der Waals surface area contributed by atoms with Crippen molar-refractivity contribution in [2.24, 2.45) is 0 Å². The summed E-state index contributed by atoms with van der Waals surface area (Å²) in [5.74, 6) is 0.0818. The number of hydrogen-bond acceptors (Lipinski definition) is 2. The van der Waals surface area contributed by atoms with Gasteiger partial charge in [-0.2, -0.15) is 0 Å². The van der Waals surface area contributed by atoms with Crippen LogP contribution in [0.2, 0.25) is 0 Å². The van der Waals surface area contributed by atoms with Crippen LogP contribution in [0.4, 0.5) is 0 Å². The van der Waals surface area contributed by atoms with Crippen molar-refractivity contribution in [1.29, 1.82) is 0 Å². The van der Waals surface area contributed by atoms with Gasteiger partial charge in [0.25, 0.3) is 0 Å². The van der Waals surface area contributed by atoms with E-state index in [2.05, 4.69) is 41.8 Å². The molecule has 2 unspecified atom stereocenters. The Labute approximate surface area is 89.9 Å². The summed E-state index contributed by atoms with van der Waals surface area (Å²) in [6.45, 7) is 4.63. The normalized spacial score (nSPS) is 26.1. The first-order valence-corrected chi connectivity index (χ1v) is 5.27. The molecule has 0 aromatic heterocycles. The molecule has 0 bridgehead atoms. The standard InChI is InChI=1S/C12H16N2O/c1-8-3-5-10(6-4-8)11-7-13-12(15)9(2)14-11/h3-6,9,11,14H,7H2,1-2H3,(H,13,15). The average molecular weight is 204 g/mol. The van der Waals surface area contributed by atoms with Crippen LogP contribution in [-0.2, 0) is 4.79 Å². The highest BCUT2D eigenvalue weighted by Gasteiger charge is 2.24. The summed E-state index contributed by atoms with van der Waals surface area (Å²) in [5.41, 5.74) is 2.49. The minimum absolute atomic E-state index is 0.0818. The van der Waals surface area contributed by atoms with Gasteiger partial charge in [0.2, 0.25) is 5.91 Å². The Morgan fingerprint density at radius 2 is 1.93 bits per heavy atom. The van der Waals surface area contributed by atoms with E-state index < -0.39 is 0 Å². The van der Waals surface area contributed by atoms with Crippen LogP contribution in [0.3, 0.4) is 0 Å². The second-order valence-electron chi connectivity index (χ2n) is 4.10. The summed E-state index contributed by atoms with van der Waals surface area (Å²) < 4.78 is 0. The van der Waals surface area contributed by atoms with E-state index >= 15 is 0 Å². The monoisotopic (exact) mass is 204 g/mol. The number of carbonyl (C=O) groups is 1. The number of nitrogens with one attached hydrogen (secondary N) is 2. The number of benzene rings is 1. The first kappa shape index (κ1) is 10.2. The molecule has 15 heavy (non-hydrogen) atoms. The molecule has 3 heteroatoms. The number of amides is 1. The topological polar surface area (TPSA) is 41.1 Å². The molecule has 2 rings (SSSR count). The summed E-state index contributed by atoms with van der Waals surface area (Å²) in [4.78, 5) is 11.3. The van der Waals surface area contributed by atoms with Crippen LogP contribution >= 0.6 is 0 Å². The number of rotatable bonds is 1. The molecule has 0 aliphatic carbocycles. The van der Waals surface area contributed by atoms with E-state index in [0.717, 1.165) is 0 Å². The fourth-order valence-electron chi connectivity index (χ4n) is 1.80. The van der Waals surface area contributed by atoms with E-state index in [4.69, 9.17) is 0 Å². The third-order valence-corrected chi connectivity index (χ3v) is 2.80. The van der Waals surface area contributed by atoms with Gasteiger partial charge in [-0.3, -0.25) is 10.1 Å². The van der Waals surface area contributed by atoms with Crippen molar-refractivity contribution in [2.45, 2.75) is 25.9 Å². The quantitative estimate of drug-likeness (QED) is 0.720. The summed E-state index contributed by atoms with van der Waals surface area (Å²) in [7, 11) is 0. The van der Waals surface area contributed by atoms with E-state index in [0.29, 0.717) is 6.54 Å². The fourth-order valence-corrected chi connectivity index (χ4v) is 1.80. The van der Waals surface area contributed by atoms with Crippen LogP contribution in [-0.4, -0.2) is 18.5 Å². The lowest BCUT2D eigenvalue weighted by molar-refractivity contribution is -0.124. The molecule has 1 aliphatic rings. The van der Waals surface area contributed by atoms with Crippen molar-refractivity contribution >= 4 is 5.91 Å². The van der Waals surface area contributed by atoms with E-state index in [-0.39, 0.29) is 18.0 Å². The predicted octanol–water partition coefficient (Wildman–Crippen LogP) is 1.14. The SMILES string of the molecule is Cc1ccc(C2CNC(=O)C(C)N2)cc1. The van der Waals surface area contributed by atoms with Gasteiger partial charge in [0, 0.05) is 6.54 Å². The van der Waals surface area contributed by atoms with Crippen molar-refractivity contribution in [3.8, 4) is 0 Å². The van der Waals surface area contributed by atoms with Crippen molar-refractivity contribution < 1.29 is 4.79 Å². The van der Waals surface area contributed by atoms with Crippen molar-refractivity contribution in [3.05, 3.63) is 35.4 Å². The minimum Gasteiger partial charge on any atom is -0.353 e. The molecular formula is C12H16N2O. The van der Waals surface area contributed by atoms with Gasteiger partial charge in [-0.25, -0.2) is 0 Å². The second-order valence-corrected chi connectivity index (χ2v) is 4.10. The third kappa shape index (κ3) is 2.18. The van der Waals surface area contributed by atoms with Gasteiger partial charge in [0.1, 0.15) is 0 Å². The maximum Gasteiger partial charge on any atom is 0.236 e. The number of carbonyl (C=O) groups excluding carboxylic acids is 1. The van der Waals surface area contributed by atoms with Gasteiger partial charge in [-0.1, -0.05) is 29.8 Å². The first-order chi connectivity index (χ1) is 7.16. The molecule has 1 aliphatic heterocycles. The van der Waals surface area contributed by atoms with Crippen LogP contribution in [0.25, 0.3) is 0 Å². The van der Waals surface area contributed by atoms with Gasteiger partial charge in [0.15, 0.2) is 0 Å². The lowest BCUT2D eigenvalue weighted by atomic mass is 10.0. The Hall–Kier alpha value is -1.35. The smallest absolute Gasteiger partial charge is 0.236 e. The van der Waals surface area contributed by atoms with E-state index in [1.807, 2.05) is 6.92 Å². The molecule has 2 N–H and O–H groups in total. The van der Waals surface area contributed by atoms with Gasteiger partial charge in [-0.15, -0.1) is 0 Å². The van der Waals surface area contributed by atoms with Crippen molar-refractivity contribution in [2.75, 3.05) is 6.54 Å². The largest absolute Gasteiger partial charge is 0.353 e. The Morgan fingerprint density at radius 1 is 1.27 bits per heavy atom. The summed E-state index contributed by atoms with van der Waals surface area (Å²) in [6, 6.07) is 8.54. The van der Waals surface area contributed by atoms with E-state index in [1.54, 1.807) is 0 Å². The molecular weight excluding hydrogens is 188 g/mol. The molecule has 1 fully saturated rings. The third-order valence-electron chi connectivity index (χ3n) is 2.80. The highest BCUT2D eigenvalue weighted by atomic mass is 16.2.